The monoisotopic (exact) mass is 449 g/mol. The van der Waals surface area contributed by atoms with Crippen molar-refractivity contribution in [3.05, 3.63) is 69.8 Å². The van der Waals surface area contributed by atoms with Crippen LogP contribution in [-0.4, -0.2) is 60.8 Å². The quantitative estimate of drug-likeness (QED) is 0.377. The van der Waals surface area contributed by atoms with Crippen LogP contribution in [-0.2, 0) is 9.59 Å². The maximum atomic E-state index is 13.1. The number of urea groups is 1. The highest BCUT2D eigenvalue weighted by Gasteiger charge is 2.49. The number of nitriles is 1. The van der Waals surface area contributed by atoms with Gasteiger partial charge in [-0.15, -0.1) is 0 Å². The second-order valence-corrected chi connectivity index (χ2v) is 8.02. The summed E-state index contributed by atoms with van der Waals surface area (Å²) in [4.78, 5) is 52.6. The van der Waals surface area contributed by atoms with Crippen molar-refractivity contribution in [2.24, 2.45) is 5.92 Å². The Hall–Kier alpha value is -4.26. The largest absolute Gasteiger partial charge is 0.378 e. The molecule has 1 heterocycles. The van der Waals surface area contributed by atoms with Crippen LogP contribution in [0, 0.1) is 27.4 Å². The van der Waals surface area contributed by atoms with Gasteiger partial charge < -0.3 is 4.90 Å². The normalized spacial score (nSPS) is 16.4. The summed E-state index contributed by atoms with van der Waals surface area (Å²) in [5.41, 5.74) is 1.73. The van der Waals surface area contributed by atoms with Crippen LogP contribution in [0.3, 0.4) is 0 Å². The van der Waals surface area contributed by atoms with Gasteiger partial charge in [-0.2, -0.15) is 5.26 Å². The van der Waals surface area contributed by atoms with E-state index in [2.05, 4.69) is 6.07 Å². The van der Waals surface area contributed by atoms with Crippen LogP contribution in [0.4, 0.5) is 16.2 Å². The number of carbonyl (C=O) groups excluding carboxylic acids is 3. The van der Waals surface area contributed by atoms with Crippen molar-refractivity contribution < 1.29 is 19.3 Å². The van der Waals surface area contributed by atoms with Crippen molar-refractivity contribution >= 4 is 29.2 Å². The molecule has 4 amide bonds. The molecule has 0 N–H and O–H groups in total. The van der Waals surface area contributed by atoms with Crippen LogP contribution in [0.2, 0.25) is 0 Å². The molecular formula is C23H23N5O5. The molecule has 1 aliphatic heterocycles. The molecule has 0 radical (unpaired) electrons. The van der Waals surface area contributed by atoms with Crippen molar-refractivity contribution in [2.45, 2.75) is 11.8 Å². The molecule has 2 unspecified atom stereocenters. The molecule has 2 aromatic carbocycles. The summed E-state index contributed by atoms with van der Waals surface area (Å²) < 4.78 is 0. The maximum absolute atomic E-state index is 13.1. The summed E-state index contributed by atoms with van der Waals surface area (Å²) in [5.74, 6) is -4.63. The van der Waals surface area contributed by atoms with Crippen LogP contribution >= 0.6 is 0 Å². The highest BCUT2D eigenvalue weighted by Crippen LogP contribution is 2.42. The second kappa shape index (κ2) is 9.08. The lowest BCUT2D eigenvalue weighted by molar-refractivity contribution is -0.384. The third kappa shape index (κ3) is 4.25. The molecule has 0 saturated carbocycles. The average molecular weight is 449 g/mol. The third-order valence-corrected chi connectivity index (χ3v) is 5.88. The Bertz CT molecular complexity index is 1110. The minimum absolute atomic E-state index is 0.141. The molecule has 1 saturated heterocycles. The van der Waals surface area contributed by atoms with E-state index in [0.29, 0.717) is 11.1 Å². The molecule has 0 spiro atoms. The molecule has 2 aromatic rings. The smallest absolute Gasteiger partial charge is 0.332 e. The van der Waals surface area contributed by atoms with Crippen molar-refractivity contribution in [1.29, 1.82) is 5.26 Å². The van der Waals surface area contributed by atoms with Gasteiger partial charge in [0.05, 0.1) is 16.9 Å². The fourth-order valence-electron chi connectivity index (χ4n) is 3.98. The van der Waals surface area contributed by atoms with E-state index in [-0.39, 0.29) is 5.69 Å². The number of carbonyl (C=O) groups is 3. The van der Waals surface area contributed by atoms with Crippen molar-refractivity contribution in [1.82, 2.24) is 9.80 Å². The summed E-state index contributed by atoms with van der Waals surface area (Å²) in [5, 5.41) is 21.1. The number of benzene rings is 2. The summed E-state index contributed by atoms with van der Waals surface area (Å²) >= 11 is 0. The van der Waals surface area contributed by atoms with E-state index in [1.54, 1.807) is 12.1 Å². The van der Waals surface area contributed by atoms with E-state index in [1.807, 2.05) is 31.1 Å². The topological polar surface area (TPSA) is 128 Å². The molecule has 33 heavy (non-hydrogen) atoms. The van der Waals surface area contributed by atoms with Crippen LogP contribution < -0.4 is 4.90 Å². The number of nitrogens with zero attached hydrogens (tertiary/aromatic N) is 5. The Morgan fingerprint density at radius 1 is 0.939 bits per heavy atom. The van der Waals surface area contributed by atoms with Gasteiger partial charge in [0.15, 0.2) is 0 Å². The number of non-ortho nitro benzene ring substituents is 1. The van der Waals surface area contributed by atoms with Crippen LogP contribution in [0.1, 0.15) is 23.0 Å². The van der Waals surface area contributed by atoms with Gasteiger partial charge in [0, 0.05) is 51.9 Å². The van der Waals surface area contributed by atoms with Gasteiger partial charge in [-0.3, -0.25) is 29.5 Å². The molecular weight excluding hydrogens is 426 g/mol. The van der Waals surface area contributed by atoms with E-state index >= 15 is 0 Å². The second-order valence-electron chi connectivity index (χ2n) is 8.02. The number of barbiturate groups is 1. The van der Waals surface area contributed by atoms with Crippen LogP contribution in [0.25, 0.3) is 0 Å². The fourth-order valence-corrected chi connectivity index (χ4v) is 3.98. The first-order valence-corrected chi connectivity index (χ1v) is 10.1. The molecule has 3 rings (SSSR count). The van der Waals surface area contributed by atoms with Crippen LogP contribution in [0.15, 0.2) is 48.5 Å². The summed E-state index contributed by atoms with van der Waals surface area (Å²) in [7, 11) is 6.32. The standard InChI is InChI=1S/C23H23N5O5/c1-25(2)16-9-7-15(8-10-16)19(20-21(29)26(3)23(31)27(4)22(20)30)18(13-24)14-5-11-17(12-6-14)28(32)33/h5-12,18-20H,1-4H3. The Kier molecular flexibility index (Phi) is 6.44. The molecule has 0 bridgehead atoms. The van der Waals surface area contributed by atoms with Crippen molar-refractivity contribution in [2.75, 3.05) is 33.1 Å². The zero-order valence-corrected chi connectivity index (χ0v) is 18.6. The number of anilines is 1. The van der Waals surface area contributed by atoms with Crippen molar-refractivity contribution in [3.8, 4) is 6.07 Å². The molecule has 10 nitrogen and oxygen atoms in total. The van der Waals surface area contributed by atoms with Gasteiger partial charge in [0.2, 0.25) is 11.8 Å². The first-order chi connectivity index (χ1) is 15.6. The van der Waals surface area contributed by atoms with Crippen molar-refractivity contribution in [3.63, 3.8) is 0 Å². The predicted molar refractivity (Wildman–Crippen MR) is 119 cm³/mol. The van der Waals surface area contributed by atoms with E-state index in [4.69, 9.17) is 0 Å². The molecule has 0 aromatic heterocycles. The predicted octanol–water partition coefficient (Wildman–Crippen LogP) is 2.72. The Balaban J connectivity index is 2.16. The van der Waals surface area contributed by atoms with E-state index in [1.165, 1.54) is 38.4 Å². The number of amides is 4. The highest BCUT2D eigenvalue weighted by molar-refractivity contribution is 6.16. The number of hydrogen-bond acceptors (Lipinski definition) is 7. The number of imide groups is 2. The zero-order chi connectivity index (χ0) is 24.4. The van der Waals surface area contributed by atoms with Crippen LogP contribution in [0.5, 0.6) is 0 Å². The molecule has 2 atom stereocenters. The Morgan fingerprint density at radius 2 is 1.42 bits per heavy atom. The number of rotatable bonds is 6. The minimum atomic E-state index is -1.32. The van der Waals surface area contributed by atoms with E-state index in [9.17, 15) is 29.8 Å². The Labute approximate surface area is 190 Å². The van der Waals surface area contributed by atoms with E-state index < -0.39 is 40.5 Å². The molecule has 1 aliphatic rings. The molecule has 0 aliphatic carbocycles. The number of nitro benzene ring substituents is 1. The maximum Gasteiger partial charge on any atom is 0.332 e. The third-order valence-electron chi connectivity index (χ3n) is 5.88. The molecule has 170 valence electrons. The first kappa shape index (κ1) is 23.4. The summed E-state index contributed by atoms with van der Waals surface area (Å²) in [6, 6.07) is 14.0. The highest BCUT2D eigenvalue weighted by atomic mass is 16.6. The number of hydrogen-bond donors (Lipinski definition) is 0. The number of nitro groups is 1. The minimum Gasteiger partial charge on any atom is -0.378 e. The van der Waals surface area contributed by atoms with Gasteiger partial charge in [0.1, 0.15) is 5.92 Å². The van der Waals surface area contributed by atoms with Gasteiger partial charge >= 0.3 is 6.03 Å². The molecule has 1 fully saturated rings. The van der Waals surface area contributed by atoms with Gasteiger partial charge in [-0.05, 0) is 23.3 Å². The lowest BCUT2D eigenvalue weighted by Gasteiger charge is -2.38. The lowest BCUT2D eigenvalue weighted by Crippen LogP contribution is -2.58. The lowest BCUT2D eigenvalue weighted by atomic mass is 9.72. The van der Waals surface area contributed by atoms with Gasteiger partial charge in [-0.25, -0.2) is 4.79 Å². The zero-order valence-electron chi connectivity index (χ0n) is 18.6. The average Bonchev–Trinajstić information content (AvgIpc) is 2.81. The summed E-state index contributed by atoms with van der Waals surface area (Å²) in [6.07, 6.45) is 0. The molecule has 10 heteroatoms. The van der Waals surface area contributed by atoms with Gasteiger partial charge in [0.25, 0.3) is 5.69 Å². The van der Waals surface area contributed by atoms with E-state index in [0.717, 1.165) is 15.5 Å². The SMILES string of the molecule is CN1C(=O)C(C(c2ccc(N(C)C)cc2)C(C#N)c2ccc([N+](=O)[O-])cc2)C(=O)N(C)C1=O. The Morgan fingerprint density at radius 3 is 1.85 bits per heavy atom. The van der Waals surface area contributed by atoms with Gasteiger partial charge in [-0.1, -0.05) is 24.3 Å². The first-order valence-electron chi connectivity index (χ1n) is 10.1. The summed E-state index contributed by atoms with van der Waals surface area (Å²) in [6.45, 7) is 0. The fraction of sp³-hybridized carbons (Fsp3) is 0.304.